The van der Waals surface area contributed by atoms with E-state index in [2.05, 4.69) is 54.2 Å². The van der Waals surface area contributed by atoms with Crippen LogP contribution < -0.4 is 5.32 Å². The highest BCUT2D eigenvalue weighted by Gasteiger charge is 2.41. The molecule has 4 heteroatoms. The van der Waals surface area contributed by atoms with Gasteiger partial charge in [0.1, 0.15) is 5.72 Å². The second kappa shape index (κ2) is 4.65. The van der Waals surface area contributed by atoms with E-state index >= 15 is 0 Å². The Morgan fingerprint density at radius 3 is 2.19 bits per heavy atom. The minimum Gasteiger partial charge on any atom is -0.355 e. The molecule has 0 radical (unpaired) electrons. The Bertz CT molecular complexity index is 366. The summed E-state index contributed by atoms with van der Waals surface area (Å²) in [6, 6.07) is 8.24. The fraction of sp³-hybridized carbons (Fsp3) is 0.500. The van der Waals surface area contributed by atoms with Gasteiger partial charge < -0.3 is 4.74 Å². The lowest BCUT2D eigenvalue weighted by atomic mass is 10.0. The van der Waals surface area contributed by atoms with Crippen LogP contribution >= 0.6 is 28.3 Å². The Morgan fingerprint density at radius 2 is 1.75 bits per heavy atom. The Hall–Kier alpha value is -0.0900. The van der Waals surface area contributed by atoms with Gasteiger partial charge in [-0.2, -0.15) is 0 Å². The Morgan fingerprint density at radius 1 is 1.19 bits per heavy atom. The molecule has 0 amide bonds. The summed E-state index contributed by atoms with van der Waals surface area (Å²) in [4.78, 5) is 0. The third kappa shape index (κ3) is 2.77. The number of ether oxygens (including phenoxy) is 1. The van der Waals surface area contributed by atoms with Crippen molar-refractivity contribution in [3.8, 4) is 0 Å². The predicted molar refractivity (Wildman–Crippen MR) is 71.9 cm³/mol. The summed E-state index contributed by atoms with van der Waals surface area (Å²) < 4.78 is 6.95. The van der Waals surface area contributed by atoms with Crippen LogP contribution in [0.15, 0.2) is 28.7 Å². The maximum absolute atomic E-state index is 5.86. The molecule has 0 saturated carbocycles. The van der Waals surface area contributed by atoms with Crippen molar-refractivity contribution in [2.75, 3.05) is 6.61 Å². The summed E-state index contributed by atoms with van der Waals surface area (Å²) in [6.45, 7) is 7.11. The van der Waals surface area contributed by atoms with Gasteiger partial charge in [0.2, 0.25) is 0 Å². The number of rotatable bonds is 1. The van der Waals surface area contributed by atoms with Crippen LogP contribution in [0.25, 0.3) is 0 Å². The van der Waals surface area contributed by atoms with E-state index in [0.29, 0.717) is 0 Å². The first-order valence-corrected chi connectivity index (χ1v) is 5.90. The van der Waals surface area contributed by atoms with E-state index in [1.165, 1.54) is 0 Å². The van der Waals surface area contributed by atoms with Crippen LogP contribution in [0.2, 0.25) is 0 Å². The van der Waals surface area contributed by atoms with E-state index in [1.54, 1.807) is 0 Å². The molecule has 1 saturated heterocycles. The molecule has 1 fully saturated rings. The van der Waals surface area contributed by atoms with E-state index in [0.717, 1.165) is 16.6 Å². The SMILES string of the molecule is CC1(C)COC(C)(c2ccc(Br)cc2)N1.Cl. The highest BCUT2D eigenvalue weighted by Crippen LogP contribution is 2.32. The number of nitrogens with one attached hydrogen (secondary N) is 1. The van der Waals surface area contributed by atoms with E-state index in [4.69, 9.17) is 4.74 Å². The maximum atomic E-state index is 5.86. The second-order valence-corrected chi connectivity index (χ2v) is 5.75. The van der Waals surface area contributed by atoms with Crippen molar-refractivity contribution in [1.82, 2.24) is 5.32 Å². The normalized spacial score (nSPS) is 27.5. The molecule has 1 atom stereocenters. The van der Waals surface area contributed by atoms with Gasteiger partial charge in [-0.3, -0.25) is 5.32 Å². The van der Waals surface area contributed by atoms with Gasteiger partial charge >= 0.3 is 0 Å². The van der Waals surface area contributed by atoms with E-state index < -0.39 is 0 Å². The topological polar surface area (TPSA) is 21.3 Å². The summed E-state index contributed by atoms with van der Waals surface area (Å²) in [5.74, 6) is 0. The largest absolute Gasteiger partial charge is 0.355 e. The van der Waals surface area contributed by atoms with Crippen molar-refractivity contribution < 1.29 is 4.74 Å². The monoisotopic (exact) mass is 305 g/mol. The molecule has 1 unspecified atom stereocenters. The molecule has 1 aliphatic rings. The Labute approximate surface area is 111 Å². The van der Waals surface area contributed by atoms with Crippen LogP contribution in [0.5, 0.6) is 0 Å². The summed E-state index contributed by atoms with van der Waals surface area (Å²) >= 11 is 3.43. The average Bonchev–Trinajstić information content (AvgIpc) is 2.43. The summed E-state index contributed by atoms with van der Waals surface area (Å²) in [7, 11) is 0. The lowest BCUT2D eigenvalue weighted by molar-refractivity contribution is 0.00218. The maximum Gasteiger partial charge on any atom is 0.143 e. The van der Waals surface area contributed by atoms with Gasteiger partial charge in [-0.05, 0) is 38.5 Å². The zero-order valence-corrected chi connectivity index (χ0v) is 12.1. The lowest BCUT2D eigenvalue weighted by Gasteiger charge is -2.27. The lowest BCUT2D eigenvalue weighted by Crippen LogP contribution is -2.44. The summed E-state index contributed by atoms with van der Waals surface area (Å²) in [5, 5.41) is 3.50. The molecule has 0 aliphatic carbocycles. The van der Waals surface area contributed by atoms with E-state index in [9.17, 15) is 0 Å². The molecule has 1 aromatic carbocycles. The van der Waals surface area contributed by atoms with Crippen molar-refractivity contribution in [1.29, 1.82) is 0 Å². The van der Waals surface area contributed by atoms with Crippen LogP contribution in [0.1, 0.15) is 26.3 Å². The zero-order valence-electron chi connectivity index (χ0n) is 9.71. The van der Waals surface area contributed by atoms with Gasteiger partial charge in [0.25, 0.3) is 0 Å². The molecule has 1 aromatic rings. The van der Waals surface area contributed by atoms with Crippen LogP contribution in [-0.2, 0) is 10.5 Å². The van der Waals surface area contributed by atoms with Crippen molar-refractivity contribution in [2.24, 2.45) is 0 Å². The minimum absolute atomic E-state index is 0. The molecule has 90 valence electrons. The highest BCUT2D eigenvalue weighted by molar-refractivity contribution is 9.10. The fourth-order valence-corrected chi connectivity index (χ4v) is 2.23. The average molecular weight is 307 g/mol. The molecule has 0 bridgehead atoms. The predicted octanol–water partition coefficient (Wildman–Crippen LogP) is 3.44. The molecule has 2 nitrogen and oxygen atoms in total. The highest BCUT2D eigenvalue weighted by atomic mass is 79.9. The van der Waals surface area contributed by atoms with Crippen LogP contribution in [0, 0.1) is 0 Å². The van der Waals surface area contributed by atoms with Gasteiger partial charge in [0.15, 0.2) is 0 Å². The molecule has 0 aromatic heterocycles. The fourth-order valence-electron chi connectivity index (χ4n) is 1.97. The summed E-state index contributed by atoms with van der Waals surface area (Å²) in [5.41, 5.74) is 0.850. The third-order valence-corrected chi connectivity index (χ3v) is 3.22. The van der Waals surface area contributed by atoms with E-state index in [1.807, 2.05) is 12.1 Å². The van der Waals surface area contributed by atoms with Gasteiger partial charge in [-0.15, -0.1) is 12.4 Å². The van der Waals surface area contributed by atoms with Crippen LogP contribution in [0.3, 0.4) is 0 Å². The first kappa shape index (κ1) is 14.0. The third-order valence-electron chi connectivity index (χ3n) is 2.69. The molecule has 1 N–H and O–H groups in total. The van der Waals surface area contributed by atoms with Crippen molar-refractivity contribution in [3.05, 3.63) is 34.3 Å². The van der Waals surface area contributed by atoms with Gasteiger partial charge in [0, 0.05) is 10.0 Å². The molecular weight excluding hydrogens is 289 g/mol. The molecule has 1 heterocycles. The molecule has 16 heavy (non-hydrogen) atoms. The smallest absolute Gasteiger partial charge is 0.143 e. The number of benzene rings is 1. The number of hydrogen-bond donors (Lipinski definition) is 1. The number of hydrogen-bond acceptors (Lipinski definition) is 2. The Balaban J connectivity index is 0.00000128. The quantitative estimate of drug-likeness (QED) is 0.858. The number of halogens is 2. The standard InChI is InChI=1S/C12H16BrNO.ClH/c1-11(2)8-15-12(3,14-11)9-4-6-10(13)7-5-9;/h4-7,14H,8H2,1-3H3;1H. The Kier molecular flexibility index (Phi) is 4.06. The van der Waals surface area contributed by atoms with Crippen LogP contribution in [0.4, 0.5) is 0 Å². The first-order valence-electron chi connectivity index (χ1n) is 5.11. The van der Waals surface area contributed by atoms with Gasteiger partial charge in [0.05, 0.1) is 6.61 Å². The molecule has 2 rings (SSSR count). The van der Waals surface area contributed by atoms with Gasteiger partial charge in [-0.1, -0.05) is 28.1 Å². The second-order valence-electron chi connectivity index (χ2n) is 4.84. The van der Waals surface area contributed by atoms with Crippen LogP contribution in [-0.4, -0.2) is 12.1 Å². The van der Waals surface area contributed by atoms with E-state index in [-0.39, 0.29) is 23.7 Å². The first-order chi connectivity index (χ1) is 6.91. The molecule has 1 aliphatic heterocycles. The zero-order chi connectivity index (χ0) is 11.1. The molecular formula is C12H17BrClNO. The van der Waals surface area contributed by atoms with Crippen molar-refractivity contribution in [2.45, 2.75) is 32.0 Å². The molecule has 0 spiro atoms. The summed E-state index contributed by atoms with van der Waals surface area (Å²) in [6.07, 6.45) is 0. The minimum atomic E-state index is -0.357. The van der Waals surface area contributed by atoms with Gasteiger partial charge in [-0.25, -0.2) is 0 Å². The van der Waals surface area contributed by atoms with Crippen molar-refractivity contribution in [3.63, 3.8) is 0 Å². The van der Waals surface area contributed by atoms with Crippen molar-refractivity contribution >= 4 is 28.3 Å².